The molecular weight excluding hydrogens is 244 g/mol. The van der Waals surface area contributed by atoms with Crippen LogP contribution in [0.4, 0.5) is 0 Å². The summed E-state index contributed by atoms with van der Waals surface area (Å²) in [5.74, 6) is 0. The Balaban J connectivity index is 0. The quantitative estimate of drug-likeness (QED) is 0.454. The summed E-state index contributed by atoms with van der Waals surface area (Å²) in [7, 11) is 0. The maximum Gasteiger partial charge on any atom is 0 e. The van der Waals surface area contributed by atoms with Crippen molar-refractivity contribution < 1.29 is 0 Å². The third kappa shape index (κ3) is 8.82. The average molecular weight is 244 g/mol. The van der Waals surface area contributed by atoms with E-state index in [2.05, 4.69) is 0 Å². The van der Waals surface area contributed by atoms with Gasteiger partial charge in [0, 0.05) is 78.5 Å². The molecular formula is Al2AsIn. The molecule has 0 rings (SSSR count). The summed E-state index contributed by atoms with van der Waals surface area (Å²) in [4.78, 5) is 0. The van der Waals surface area contributed by atoms with Crippen molar-refractivity contribution in [2.75, 3.05) is 0 Å². The molecule has 0 aliphatic rings. The normalized spacial score (nSPS) is 0. The van der Waals surface area contributed by atoms with Gasteiger partial charge in [0.2, 0.25) is 0 Å². The number of rotatable bonds is 0. The Morgan fingerprint density at radius 3 is 0.750 bits per heavy atom. The molecule has 0 unspecified atom stereocenters. The molecule has 0 aliphatic carbocycles. The fourth-order valence-electron chi connectivity index (χ4n) is 0. The molecule has 0 aliphatic heterocycles. The SMILES string of the molecule is [Al].[Al].[As].[In]. The Morgan fingerprint density at radius 2 is 0.750 bits per heavy atom. The van der Waals surface area contributed by atoms with E-state index >= 15 is 0 Å². The molecule has 14 valence electrons. The van der Waals surface area contributed by atoms with Crippen LogP contribution in [-0.2, 0) is 0 Å². The minimum atomic E-state index is 0. The van der Waals surface area contributed by atoms with E-state index in [1.807, 2.05) is 0 Å². The van der Waals surface area contributed by atoms with Gasteiger partial charge in [0.1, 0.15) is 0 Å². The predicted molar refractivity (Wildman–Crippen MR) is 23.0 cm³/mol. The van der Waals surface area contributed by atoms with Crippen LogP contribution in [0.25, 0.3) is 0 Å². The van der Waals surface area contributed by atoms with Crippen LogP contribution in [0.3, 0.4) is 0 Å². The second-order valence-corrected chi connectivity index (χ2v) is 0. The van der Waals surface area contributed by atoms with Crippen LogP contribution in [0.15, 0.2) is 0 Å². The summed E-state index contributed by atoms with van der Waals surface area (Å²) in [6, 6.07) is 0. The monoisotopic (exact) mass is 244 g/mol. The molecule has 0 N–H and O–H groups in total. The van der Waals surface area contributed by atoms with Gasteiger partial charge in [-0.05, 0) is 0 Å². The third-order valence-electron chi connectivity index (χ3n) is 0. The van der Waals surface area contributed by atoms with E-state index in [-0.39, 0.29) is 78.5 Å². The standard InChI is InChI=1S/2Al.As.In. The predicted octanol–water partition coefficient (Wildman–Crippen LogP) is -1.52. The third-order valence-corrected chi connectivity index (χ3v) is 0. The zero-order chi connectivity index (χ0) is 0. The number of hydrogen-bond acceptors (Lipinski definition) is 0. The van der Waals surface area contributed by atoms with E-state index in [9.17, 15) is 0 Å². The van der Waals surface area contributed by atoms with Gasteiger partial charge in [-0.25, -0.2) is 0 Å². The van der Waals surface area contributed by atoms with Crippen LogP contribution in [-0.4, -0.2) is 78.5 Å². The van der Waals surface area contributed by atoms with E-state index in [0.29, 0.717) is 0 Å². The van der Waals surface area contributed by atoms with Crippen molar-refractivity contribution in [1.82, 2.24) is 0 Å². The Bertz CT molecular complexity index is 6.00. The van der Waals surface area contributed by atoms with Crippen LogP contribution in [0, 0.1) is 0 Å². The minimum Gasteiger partial charge on any atom is 0 e. The number of hydrogen-bond donors (Lipinski definition) is 0. The first kappa shape index (κ1) is 31.5. The molecule has 0 atom stereocenters. The van der Waals surface area contributed by atoms with Gasteiger partial charge >= 0.3 is 0 Å². The molecule has 0 amide bonds. The van der Waals surface area contributed by atoms with Gasteiger partial charge in [-0.1, -0.05) is 0 Å². The van der Waals surface area contributed by atoms with Crippen molar-refractivity contribution in [3.05, 3.63) is 0 Å². The molecule has 0 aromatic carbocycles. The van der Waals surface area contributed by atoms with Crippen LogP contribution >= 0.6 is 0 Å². The average Bonchev–Trinajstić information content (AvgIpc) is 0. The van der Waals surface area contributed by atoms with Gasteiger partial charge in [0.15, 0.2) is 0 Å². The molecule has 4 heavy (non-hydrogen) atoms. The summed E-state index contributed by atoms with van der Waals surface area (Å²) in [6.07, 6.45) is 0. The summed E-state index contributed by atoms with van der Waals surface area (Å²) >= 11 is 0. The maximum absolute atomic E-state index is 0. The summed E-state index contributed by atoms with van der Waals surface area (Å²) < 4.78 is 0. The molecule has 12 radical (unpaired) electrons. The van der Waals surface area contributed by atoms with Gasteiger partial charge in [-0.2, -0.15) is 0 Å². The summed E-state index contributed by atoms with van der Waals surface area (Å²) in [6.45, 7) is 0. The molecule has 4 heteroatoms. The van der Waals surface area contributed by atoms with Gasteiger partial charge < -0.3 is 0 Å². The summed E-state index contributed by atoms with van der Waals surface area (Å²) in [5, 5.41) is 0. The van der Waals surface area contributed by atoms with Crippen LogP contribution < -0.4 is 0 Å². The zero-order valence-electron chi connectivity index (χ0n) is 2.18. The molecule has 0 aromatic heterocycles. The molecule has 0 aromatic rings. The Morgan fingerprint density at radius 1 is 0.750 bits per heavy atom. The van der Waals surface area contributed by atoms with E-state index in [1.165, 1.54) is 0 Å². The first-order valence-electron chi connectivity index (χ1n) is 0. The molecule has 0 spiro atoms. The fourth-order valence-corrected chi connectivity index (χ4v) is 0. The van der Waals surface area contributed by atoms with E-state index < -0.39 is 0 Å². The van der Waals surface area contributed by atoms with Gasteiger partial charge in [-0.3, -0.25) is 0 Å². The van der Waals surface area contributed by atoms with Crippen molar-refractivity contribution in [3.63, 3.8) is 0 Å². The minimum absolute atomic E-state index is 0. The second-order valence-electron chi connectivity index (χ2n) is 0. The van der Waals surface area contributed by atoms with Crippen LogP contribution in [0.1, 0.15) is 0 Å². The van der Waals surface area contributed by atoms with Gasteiger partial charge in [0.25, 0.3) is 0 Å². The smallest absolute Gasteiger partial charge is 0 e. The largest absolute Gasteiger partial charge is 0 e. The van der Waals surface area contributed by atoms with Crippen molar-refractivity contribution in [2.45, 2.75) is 0 Å². The fraction of sp³-hybridized carbons (Fsp3) is 0. The van der Waals surface area contributed by atoms with Crippen molar-refractivity contribution in [2.24, 2.45) is 0 Å². The zero-order valence-corrected chi connectivity index (χ0v) is 9.66. The van der Waals surface area contributed by atoms with Crippen molar-refractivity contribution in [1.29, 1.82) is 0 Å². The Kier molecular flexibility index (Phi) is 141. The Labute approximate surface area is 77.5 Å². The van der Waals surface area contributed by atoms with Crippen LogP contribution in [0.2, 0.25) is 0 Å². The maximum atomic E-state index is 0. The van der Waals surface area contributed by atoms with Crippen molar-refractivity contribution in [3.8, 4) is 0 Å². The van der Waals surface area contributed by atoms with Gasteiger partial charge in [0.05, 0.1) is 0 Å². The van der Waals surface area contributed by atoms with Crippen LogP contribution in [0.5, 0.6) is 0 Å². The Hall–Kier alpha value is 2.49. The topological polar surface area (TPSA) is 0 Å². The molecule has 0 saturated carbocycles. The first-order valence-corrected chi connectivity index (χ1v) is 0. The van der Waals surface area contributed by atoms with E-state index in [1.54, 1.807) is 0 Å². The molecule has 0 bridgehead atoms. The van der Waals surface area contributed by atoms with E-state index in [4.69, 9.17) is 0 Å². The molecule has 0 fully saturated rings. The van der Waals surface area contributed by atoms with Gasteiger partial charge in [-0.15, -0.1) is 0 Å². The second kappa shape index (κ2) is 17.8. The first-order chi connectivity index (χ1) is 0. The molecule has 0 saturated heterocycles. The summed E-state index contributed by atoms with van der Waals surface area (Å²) in [5.41, 5.74) is 0. The van der Waals surface area contributed by atoms with E-state index in [0.717, 1.165) is 0 Å². The van der Waals surface area contributed by atoms with Crippen molar-refractivity contribution >= 4 is 78.5 Å². The molecule has 0 nitrogen and oxygen atoms in total. The molecule has 0 heterocycles.